The first-order valence-electron chi connectivity index (χ1n) is 8.69. The molecule has 1 N–H and O–H groups in total. The fourth-order valence-corrected chi connectivity index (χ4v) is 3.85. The summed E-state index contributed by atoms with van der Waals surface area (Å²) >= 11 is 0. The lowest BCUT2D eigenvalue weighted by Crippen LogP contribution is -2.32. The van der Waals surface area contributed by atoms with Gasteiger partial charge in [-0.25, -0.2) is 0 Å². The van der Waals surface area contributed by atoms with Crippen LogP contribution in [-0.2, 0) is 13.6 Å². The van der Waals surface area contributed by atoms with Gasteiger partial charge >= 0.3 is 0 Å². The van der Waals surface area contributed by atoms with Gasteiger partial charge in [-0.05, 0) is 25.0 Å². The van der Waals surface area contributed by atoms with Crippen LogP contribution in [-0.4, -0.2) is 44.0 Å². The average Bonchev–Trinajstić information content (AvgIpc) is 2.84. The summed E-state index contributed by atoms with van der Waals surface area (Å²) in [7, 11) is 8.35. The molecule has 3 rings (SSSR count). The normalized spacial score (nSPS) is 17.0. The zero-order valence-electron chi connectivity index (χ0n) is 15.5. The number of nitrogens with zero attached hydrogens (tertiary/aromatic N) is 4. The van der Waals surface area contributed by atoms with Crippen LogP contribution in [0.2, 0.25) is 0 Å². The van der Waals surface area contributed by atoms with Crippen LogP contribution >= 0.6 is 0 Å². The van der Waals surface area contributed by atoms with Crippen molar-refractivity contribution in [3.63, 3.8) is 0 Å². The Hall–Kier alpha value is -2.01. The molecule has 0 radical (unpaired) electrons. The van der Waals surface area contributed by atoms with Gasteiger partial charge in [0.05, 0.1) is 5.69 Å². The monoisotopic (exact) mass is 327 g/mol. The first kappa shape index (κ1) is 16.8. The summed E-state index contributed by atoms with van der Waals surface area (Å²) in [4.78, 5) is 4.50. The van der Waals surface area contributed by atoms with Crippen LogP contribution in [0.1, 0.15) is 29.2 Å². The van der Waals surface area contributed by atoms with Gasteiger partial charge in [-0.2, -0.15) is 5.10 Å². The van der Waals surface area contributed by atoms with Crippen molar-refractivity contribution < 1.29 is 0 Å². The SMILES string of the molecule is Cc1nn(C)c(N(C)C)c1CNC[C@H]1CCN(C)c2ccccc21. The first-order valence-corrected chi connectivity index (χ1v) is 8.69. The molecule has 130 valence electrons. The van der Waals surface area contributed by atoms with Crippen LogP contribution in [0.3, 0.4) is 0 Å². The number of aryl methyl sites for hydroxylation is 2. The predicted molar refractivity (Wildman–Crippen MR) is 101 cm³/mol. The van der Waals surface area contributed by atoms with Crippen LogP contribution in [0, 0.1) is 6.92 Å². The second-order valence-electron chi connectivity index (χ2n) is 7.00. The summed E-state index contributed by atoms with van der Waals surface area (Å²) in [6.07, 6.45) is 1.20. The molecule has 1 aromatic carbocycles. The Balaban J connectivity index is 1.69. The van der Waals surface area contributed by atoms with Crippen molar-refractivity contribution in [1.82, 2.24) is 15.1 Å². The standard InChI is InChI=1S/C19H29N5/c1-14-17(19(22(2)3)24(5)21-14)13-20-12-15-10-11-23(4)18-9-7-6-8-16(15)18/h6-9,15,20H,10-13H2,1-5H3/t15-/m1/s1. The van der Waals surface area contributed by atoms with Crippen molar-refractivity contribution >= 4 is 11.5 Å². The van der Waals surface area contributed by atoms with Crippen molar-refractivity contribution in [2.45, 2.75) is 25.8 Å². The summed E-state index contributed by atoms with van der Waals surface area (Å²) in [6, 6.07) is 8.79. The first-order chi connectivity index (χ1) is 11.5. The highest BCUT2D eigenvalue weighted by Crippen LogP contribution is 2.33. The van der Waals surface area contributed by atoms with Gasteiger partial charge in [-0.15, -0.1) is 0 Å². The molecular formula is C19H29N5. The van der Waals surface area contributed by atoms with E-state index in [2.05, 4.69) is 72.5 Å². The molecule has 0 saturated carbocycles. The zero-order valence-corrected chi connectivity index (χ0v) is 15.5. The van der Waals surface area contributed by atoms with Gasteiger partial charge in [0, 0.05) is 65.0 Å². The fraction of sp³-hybridized carbons (Fsp3) is 0.526. The molecule has 1 aliphatic heterocycles. The van der Waals surface area contributed by atoms with Crippen LogP contribution in [0.25, 0.3) is 0 Å². The van der Waals surface area contributed by atoms with Crippen molar-refractivity contribution in [2.24, 2.45) is 7.05 Å². The molecule has 0 saturated heterocycles. The van der Waals surface area contributed by atoms with E-state index in [1.54, 1.807) is 0 Å². The third kappa shape index (κ3) is 3.13. The van der Waals surface area contributed by atoms with E-state index in [-0.39, 0.29) is 0 Å². The summed E-state index contributed by atoms with van der Waals surface area (Å²) in [5, 5.41) is 8.25. The Kier molecular flexibility index (Phi) is 4.81. The third-order valence-corrected chi connectivity index (χ3v) is 5.03. The van der Waals surface area contributed by atoms with E-state index in [1.807, 2.05) is 11.7 Å². The predicted octanol–water partition coefficient (Wildman–Crippen LogP) is 2.51. The highest BCUT2D eigenvalue weighted by Gasteiger charge is 2.23. The van der Waals surface area contributed by atoms with Gasteiger partial charge in [-0.1, -0.05) is 18.2 Å². The van der Waals surface area contributed by atoms with Crippen LogP contribution < -0.4 is 15.1 Å². The lowest BCUT2D eigenvalue weighted by molar-refractivity contribution is 0.533. The van der Waals surface area contributed by atoms with Crippen molar-refractivity contribution in [2.75, 3.05) is 44.0 Å². The highest BCUT2D eigenvalue weighted by molar-refractivity contribution is 5.56. The third-order valence-electron chi connectivity index (χ3n) is 5.03. The minimum atomic E-state index is 0.581. The number of para-hydroxylation sites is 1. The molecule has 0 unspecified atom stereocenters. The zero-order chi connectivity index (χ0) is 17.3. The molecule has 1 atom stereocenters. The number of aromatic nitrogens is 2. The van der Waals surface area contributed by atoms with Gasteiger partial charge in [-0.3, -0.25) is 4.68 Å². The second-order valence-corrected chi connectivity index (χ2v) is 7.00. The van der Waals surface area contributed by atoms with E-state index < -0.39 is 0 Å². The maximum absolute atomic E-state index is 4.57. The smallest absolute Gasteiger partial charge is 0.130 e. The van der Waals surface area contributed by atoms with E-state index in [0.717, 1.165) is 25.3 Å². The number of hydrogen-bond acceptors (Lipinski definition) is 4. The lowest BCUT2D eigenvalue weighted by Gasteiger charge is -2.33. The van der Waals surface area contributed by atoms with Crippen molar-refractivity contribution in [3.8, 4) is 0 Å². The Labute approximate surface area is 145 Å². The van der Waals surface area contributed by atoms with Crippen molar-refractivity contribution in [1.29, 1.82) is 0 Å². The molecule has 0 aliphatic carbocycles. The average molecular weight is 327 g/mol. The van der Waals surface area contributed by atoms with Crippen LogP contribution in [0.4, 0.5) is 11.5 Å². The minimum absolute atomic E-state index is 0.581. The number of fused-ring (bicyclic) bond motifs is 1. The minimum Gasteiger partial charge on any atom is -0.374 e. The molecular weight excluding hydrogens is 298 g/mol. The maximum Gasteiger partial charge on any atom is 0.130 e. The Morgan fingerprint density at radius 2 is 2.00 bits per heavy atom. The summed E-state index contributed by atoms with van der Waals surface area (Å²) in [5.41, 5.74) is 5.25. The number of benzene rings is 1. The summed E-state index contributed by atoms with van der Waals surface area (Å²) in [6.45, 7) is 5.08. The molecule has 2 heterocycles. The number of hydrogen-bond donors (Lipinski definition) is 1. The Morgan fingerprint density at radius 3 is 2.75 bits per heavy atom. The van der Waals surface area contributed by atoms with E-state index in [1.165, 1.54) is 29.1 Å². The molecule has 0 amide bonds. The molecule has 1 aromatic heterocycles. The molecule has 1 aliphatic rings. The quantitative estimate of drug-likeness (QED) is 0.915. The second kappa shape index (κ2) is 6.85. The number of nitrogens with one attached hydrogen (secondary N) is 1. The fourth-order valence-electron chi connectivity index (χ4n) is 3.85. The largest absolute Gasteiger partial charge is 0.374 e. The summed E-state index contributed by atoms with van der Waals surface area (Å²) < 4.78 is 1.97. The van der Waals surface area contributed by atoms with Crippen LogP contribution in [0.15, 0.2) is 24.3 Å². The molecule has 24 heavy (non-hydrogen) atoms. The van der Waals surface area contributed by atoms with Gasteiger partial charge in [0.1, 0.15) is 5.82 Å². The lowest BCUT2D eigenvalue weighted by atomic mass is 9.90. The number of rotatable bonds is 5. The van der Waals surface area contributed by atoms with Gasteiger partial charge in [0.25, 0.3) is 0 Å². The molecule has 2 aromatic rings. The molecule has 5 nitrogen and oxygen atoms in total. The molecule has 0 spiro atoms. The molecule has 0 bridgehead atoms. The van der Waals surface area contributed by atoms with E-state index >= 15 is 0 Å². The van der Waals surface area contributed by atoms with Gasteiger partial charge in [0.2, 0.25) is 0 Å². The maximum atomic E-state index is 4.57. The van der Waals surface area contributed by atoms with Crippen molar-refractivity contribution in [3.05, 3.63) is 41.1 Å². The summed E-state index contributed by atoms with van der Waals surface area (Å²) in [5.74, 6) is 1.76. The van der Waals surface area contributed by atoms with Gasteiger partial charge < -0.3 is 15.1 Å². The Bertz CT molecular complexity index is 704. The molecule has 0 fully saturated rings. The van der Waals surface area contributed by atoms with E-state index in [0.29, 0.717) is 5.92 Å². The number of anilines is 2. The molecule has 5 heteroatoms. The van der Waals surface area contributed by atoms with Crippen LogP contribution in [0.5, 0.6) is 0 Å². The highest BCUT2D eigenvalue weighted by atomic mass is 15.4. The van der Waals surface area contributed by atoms with Gasteiger partial charge in [0.15, 0.2) is 0 Å². The Morgan fingerprint density at radius 1 is 1.25 bits per heavy atom. The van der Waals surface area contributed by atoms with E-state index in [9.17, 15) is 0 Å². The van der Waals surface area contributed by atoms with E-state index in [4.69, 9.17) is 0 Å². The topological polar surface area (TPSA) is 36.3 Å².